The Morgan fingerprint density at radius 3 is 2.47 bits per heavy atom. The smallest absolute Gasteiger partial charge is 0.225 e. The summed E-state index contributed by atoms with van der Waals surface area (Å²) in [7, 11) is 0. The average Bonchev–Trinajstić information content (AvgIpc) is 2.84. The molecule has 3 aromatic rings. The van der Waals surface area contributed by atoms with Crippen LogP contribution < -0.4 is 10.6 Å². The number of anilines is 2. The first-order chi connectivity index (χ1) is 16.5. The maximum absolute atomic E-state index is 12.3. The third-order valence-electron chi connectivity index (χ3n) is 5.80. The number of nitrogens with zero attached hydrogens (tertiary/aromatic N) is 2. The van der Waals surface area contributed by atoms with Crippen molar-refractivity contribution in [2.45, 2.75) is 43.6 Å². The van der Waals surface area contributed by atoms with Crippen molar-refractivity contribution < 1.29 is 9.59 Å². The van der Waals surface area contributed by atoms with E-state index in [2.05, 4.69) is 41.0 Å². The average molecular weight is 471 g/mol. The monoisotopic (exact) mass is 470 g/mol. The van der Waals surface area contributed by atoms with Gasteiger partial charge in [0.15, 0.2) is 0 Å². The van der Waals surface area contributed by atoms with E-state index in [1.165, 1.54) is 24.2 Å². The molecule has 0 saturated carbocycles. The molecule has 1 atom stereocenters. The van der Waals surface area contributed by atoms with Crippen LogP contribution in [0.25, 0.3) is 0 Å². The Hall–Kier alpha value is -3.63. The second-order valence-electron chi connectivity index (χ2n) is 8.31. The minimum absolute atomic E-state index is 0.109. The fourth-order valence-electron chi connectivity index (χ4n) is 4.15. The third kappa shape index (κ3) is 6.03. The number of aryl methyl sites for hydroxylation is 1. The van der Waals surface area contributed by atoms with Crippen LogP contribution in [0.5, 0.6) is 0 Å². The van der Waals surface area contributed by atoms with Crippen molar-refractivity contribution in [3.63, 3.8) is 0 Å². The zero-order chi connectivity index (χ0) is 23.9. The number of nitriles is 1. The quantitative estimate of drug-likeness (QED) is 0.457. The zero-order valence-electron chi connectivity index (χ0n) is 19.0. The van der Waals surface area contributed by atoms with Crippen LogP contribution in [0.15, 0.2) is 65.7 Å². The van der Waals surface area contributed by atoms with Gasteiger partial charge in [0.2, 0.25) is 11.8 Å². The van der Waals surface area contributed by atoms with Crippen LogP contribution in [0.2, 0.25) is 0 Å². The van der Waals surface area contributed by atoms with Crippen molar-refractivity contribution in [1.82, 2.24) is 4.98 Å². The molecule has 7 heteroatoms. The molecule has 0 fully saturated rings. The summed E-state index contributed by atoms with van der Waals surface area (Å²) >= 11 is 1.45. The van der Waals surface area contributed by atoms with Gasteiger partial charge in [-0.3, -0.25) is 9.59 Å². The molecule has 0 aliphatic heterocycles. The fraction of sp³-hybridized carbons (Fsp3) is 0.259. The van der Waals surface area contributed by atoms with Crippen LogP contribution in [0.1, 0.15) is 48.1 Å². The van der Waals surface area contributed by atoms with Crippen LogP contribution in [0, 0.1) is 11.3 Å². The molecule has 1 aliphatic carbocycles. The summed E-state index contributed by atoms with van der Waals surface area (Å²) < 4.78 is 0. The highest BCUT2D eigenvalue weighted by atomic mass is 32.2. The number of benzene rings is 2. The van der Waals surface area contributed by atoms with E-state index in [4.69, 9.17) is 4.98 Å². The number of nitrogens with one attached hydrogen (secondary N) is 2. The Kier molecular flexibility index (Phi) is 7.61. The Bertz CT molecular complexity index is 1220. The number of hydrogen-bond acceptors (Lipinski definition) is 5. The maximum Gasteiger partial charge on any atom is 0.225 e. The summed E-state index contributed by atoms with van der Waals surface area (Å²) in [6.45, 7) is 1.45. The highest BCUT2D eigenvalue weighted by Gasteiger charge is 2.23. The lowest BCUT2D eigenvalue weighted by molar-refractivity contribution is -0.116. The molecule has 2 N–H and O–H groups in total. The van der Waals surface area contributed by atoms with E-state index in [1.807, 2.05) is 12.1 Å². The molecule has 1 aromatic heterocycles. The van der Waals surface area contributed by atoms with Crippen LogP contribution in [-0.2, 0) is 22.4 Å². The van der Waals surface area contributed by atoms with E-state index >= 15 is 0 Å². The minimum Gasteiger partial charge on any atom is -0.326 e. The lowest BCUT2D eigenvalue weighted by Gasteiger charge is -2.25. The van der Waals surface area contributed by atoms with Crippen molar-refractivity contribution in [1.29, 1.82) is 5.26 Å². The molecule has 2 amide bonds. The number of rotatable bonds is 7. The van der Waals surface area contributed by atoms with Crippen molar-refractivity contribution in [3.05, 3.63) is 83.0 Å². The number of thioether (sulfide) groups is 1. The largest absolute Gasteiger partial charge is 0.326 e. The Morgan fingerprint density at radius 1 is 1.09 bits per heavy atom. The molecule has 0 saturated heterocycles. The molecule has 0 bridgehead atoms. The molecule has 6 nitrogen and oxygen atoms in total. The van der Waals surface area contributed by atoms with Crippen LogP contribution in [-0.4, -0.2) is 22.6 Å². The Balaban J connectivity index is 1.33. The second kappa shape index (κ2) is 11.0. The first kappa shape index (κ1) is 23.5. The number of pyridine rings is 1. The first-order valence-electron chi connectivity index (χ1n) is 11.3. The molecule has 2 aromatic carbocycles. The molecular weight excluding hydrogens is 444 g/mol. The van der Waals surface area contributed by atoms with Gasteiger partial charge in [-0.25, -0.2) is 4.98 Å². The van der Waals surface area contributed by atoms with E-state index < -0.39 is 0 Å². The molecule has 1 unspecified atom stereocenters. The van der Waals surface area contributed by atoms with Crippen LogP contribution in [0.3, 0.4) is 0 Å². The van der Waals surface area contributed by atoms with Gasteiger partial charge in [-0.05, 0) is 66.6 Å². The topological polar surface area (TPSA) is 94.9 Å². The first-order valence-corrected chi connectivity index (χ1v) is 12.3. The lowest BCUT2D eigenvalue weighted by Crippen LogP contribution is -2.15. The number of carbonyl (C=O) groups is 2. The third-order valence-corrected chi connectivity index (χ3v) is 6.79. The molecular formula is C27H26N4O2S. The molecule has 0 spiro atoms. The van der Waals surface area contributed by atoms with E-state index in [9.17, 15) is 14.9 Å². The summed E-state index contributed by atoms with van der Waals surface area (Å²) in [5, 5.41) is 15.9. The summed E-state index contributed by atoms with van der Waals surface area (Å²) in [5.41, 5.74) is 5.48. The molecule has 0 radical (unpaired) electrons. The van der Waals surface area contributed by atoms with Gasteiger partial charge in [0.05, 0.1) is 5.56 Å². The molecule has 34 heavy (non-hydrogen) atoms. The highest BCUT2D eigenvalue weighted by molar-refractivity contribution is 7.99. The van der Waals surface area contributed by atoms with Crippen molar-refractivity contribution >= 4 is 35.0 Å². The number of aromatic nitrogens is 1. The van der Waals surface area contributed by atoms with Crippen LogP contribution >= 0.6 is 11.8 Å². The van der Waals surface area contributed by atoms with Crippen molar-refractivity contribution in [2.75, 3.05) is 16.4 Å². The minimum atomic E-state index is -0.141. The summed E-state index contributed by atoms with van der Waals surface area (Å²) in [4.78, 5) is 28.2. The summed E-state index contributed by atoms with van der Waals surface area (Å²) in [5.74, 6) is 0.735. The van der Waals surface area contributed by atoms with Gasteiger partial charge >= 0.3 is 0 Å². The lowest BCUT2D eigenvalue weighted by atomic mass is 9.82. The van der Waals surface area contributed by atoms with Gasteiger partial charge in [0.25, 0.3) is 0 Å². The van der Waals surface area contributed by atoms with Gasteiger partial charge in [0.1, 0.15) is 11.1 Å². The molecule has 4 rings (SSSR count). The SMILES string of the molecule is CC(=O)Nc1ccc(NC(=O)CCSc2nc3c(cc2C#N)CC(c2ccccc2)CC3)cc1. The molecule has 172 valence electrons. The molecule has 1 aliphatic rings. The standard InChI is InChI=1S/C27H26N4O2S/c1-18(32)29-23-8-10-24(11-9-23)30-26(33)13-14-34-27-22(17-28)16-21-15-20(7-12-25(21)31-27)19-5-3-2-4-6-19/h2-6,8-11,16,20H,7,12-15H2,1H3,(H,29,32)(H,30,33). The van der Waals surface area contributed by atoms with Gasteiger partial charge in [0, 0.05) is 36.2 Å². The van der Waals surface area contributed by atoms with Crippen molar-refractivity contribution in [2.24, 2.45) is 0 Å². The highest BCUT2D eigenvalue weighted by Crippen LogP contribution is 2.34. The van der Waals surface area contributed by atoms with Gasteiger partial charge in [-0.1, -0.05) is 30.3 Å². The molecule has 1 heterocycles. The number of carbonyl (C=O) groups excluding carboxylic acids is 2. The summed E-state index contributed by atoms with van der Waals surface area (Å²) in [6, 6.07) is 21.7. The maximum atomic E-state index is 12.3. The Labute approximate surface area is 203 Å². The van der Waals surface area contributed by atoms with E-state index in [-0.39, 0.29) is 11.8 Å². The van der Waals surface area contributed by atoms with E-state index in [0.717, 1.165) is 30.5 Å². The predicted octanol–water partition coefficient (Wildman–Crippen LogP) is 5.31. The second-order valence-corrected chi connectivity index (χ2v) is 9.40. The fourth-order valence-corrected chi connectivity index (χ4v) is 5.07. The normalized spacial score (nSPS) is 14.5. The number of fused-ring (bicyclic) bond motifs is 1. The van der Waals surface area contributed by atoms with Crippen LogP contribution in [0.4, 0.5) is 11.4 Å². The van der Waals surface area contributed by atoms with E-state index in [0.29, 0.717) is 40.1 Å². The zero-order valence-corrected chi connectivity index (χ0v) is 19.8. The van der Waals surface area contributed by atoms with Gasteiger partial charge in [-0.15, -0.1) is 11.8 Å². The Morgan fingerprint density at radius 2 is 1.79 bits per heavy atom. The number of amides is 2. The summed E-state index contributed by atoms with van der Waals surface area (Å²) in [6.07, 6.45) is 3.14. The number of hydrogen-bond donors (Lipinski definition) is 2. The van der Waals surface area contributed by atoms with Gasteiger partial charge < -0.3 is 10.6 Å². The van der Waals surface area contributed by atoms with E-state index in [1.54, 1.807) is 24.3 Å². The predicted molar refractivity (Wildman–Crippen MR) is 135 cm³/mol. The van der Waals surface area contributed by atoms with Gasteiger partial charge in [-0.2, -0.15) is 5.26 Å². The van der Waals surface area contributed by atoms with Crippen molar-refractivity contribution in [3.8, 4) is 6.07 Å².